The van der Waals surface area contributed by atoms with Crippen LogP contribution in [0.25, 0.3) is 0 Å². The number of rotatable bonds is 11. The number of hydrogen-bond acceptors (Lipinski definition) is 3. The lowest BCUT2D eigenvalue weighted by atomic mass is 10.1. The minimum atomic E-state index is -0.736. The van der Waals surface area contributed by atoms with E-state index in [0.29, 0.717) is 6.54 Å². The second-order valence-corrected chi connectivity index (χ2v) is 5.54. The van der Waals surface area contributed by atoms with Crippen LogP contribution in [0.3, 0.4) is 0 Å². The van der Waals surface area contributed by atoms with Crippen molar-refractivity contribution in [2.45, 2.75) is 38.5 Å². The average Bonchev–Trinajstić information content (AvgIpc) is 2.37. The van der Waals surface area contributed by atoms with E-state index in [1.165, 1.54) is 0 Å². The largest absolute Gasteiger partial charge is 0.481 e. The van der Waals surface area contributed by atoms with Crippen LogP contribution >= 0.6 is 11.8 Å². The first-order chi connectivity index (χ1) is 9.07. The molecular weight excluding hydrogens is 264 g/mol. The molecule has 0 bridgehead atoms. The number of carbonyl (C=O) groups is 2. The first kappa shape index (κ1) is 18.1. The van der Waals surface area contributed by atoms with Crippen LogP contribution in [0.5, 0.6) is 0 Å². The molecule has 2 amide bonds. The van der Waals surface area contributed by atoms with E-state index in [2.05, 4.69) is 11.6 Å². The highest BCUT2D eigenvalue weighted by Gasteiger charge is 2.06. The van der Waals surface area contributed by atoms with E-state index >= 15 is 0 Å². The van der Waals surface area contributed by atoms with Crippen molar-refractivity contribution in [1.29, 1.82) is 0 Å². The lowest BCUT2D eigenvalue weighted by molar-refractivity contribution is -0.137. The number of carboxylic acid groups (broad SMARTS) is 1. The number of aliphatic carboxylic acids is 1. The molecule has 0 aliphatic rings. The molecule has 0 fully saturated rings. The number of unbranched alkanes of at least 4 members (excludes halogenated alkanes) is 3. The zero-order chi connectivity index (χ0) is 14.5. The Kier molecular flexibility index (Phi) is 11.6. The highest BCUT2D eigenvalue weighted by atomic mass is 32.2. The fourth-order valence-corrected chi connectivity index (χ4v) is 2.05. The van der Waals surface area contributed by atoms with Crippen LogP contribution in [0.4, 0.5) is 4.79 Å². The van der Waals surface area contributed by atoms with Gasteiger partial charge in [-0.15, -0.1) is 0 Å². The van der Waals surface area contributed by atoms with E-state index in [9.17, 15) is 9.59 Å². The first-order valence-electron chi connectivity index (χ1n) is 6.77. The molecule has 5 nitrogen and oxygen atoms in total. The summed E-state index contributed by atoms with van der Waals surface area (Å²) in [5, 5.41) is 11.3. The number of nitrogens with one attached hydrogen (secondary N) is 1. The van der Waals surface area contributed by atoms with Crippen molar-refractivity contribution in [3.8, 4) is 0 Å². The number of carbonyl (C=O) groups excluding carboxylic acids is 1. The Morgan fingerprint density at radius 3 is 2.47 bits per heavy atom. The standard InChI is InChI=1S/C13H26N2O3S/c1-15(10-7-11-19-2)13(18)14-9-6-4-3-5-8-12(16)17/h3-11H2,1-2H3,(H,14,18)(H,16,17). The summed E-state index contributed by atoms with van der Waals surface area (Å²) < 4.78 is 0. The molecule has 0 saturated heterocycles. The van der Waals surface area contributed by atoms with Crippen LogP contribution in [0.1, 0.15) is 38.5 Å². The molecular formula is C13H26N2O3S. The van der Waals surface area contributed by atoms with Gasteiger partial charge in [-0.05, 0) is 31.3 Å². The summed E-state index contributed by atoms with van der Waals surface area (Å²) in [6, 6.07) is -0.0216. The summed E-state index contributed by atoms with van der Waals surface area (Å²) >= 11 is 1.79. The summed E-state index contributed by atoms with van der Waals surface area (Å²) in [4.78, 5) is 23.7. The highest BCUT2D eigenvalue weighted by molar-refractivity contribution is 7.98. The van der Waals surface area contributed by atoms with Crippen molar-refractivity contribution in [2.75, 3.05) is 32.1 Å². The van der Waals surface area contributed by atoms with Crippen molar-refractivity contribution in [3.05, 3.63) is 0 Å². The third-order valence-corrected chi connectivity index (χ3v) is 3.48. The molecule has 0 aliphatic carbocycles. The average molecular weight is 290 g/mol. The Morgan fingerprint density at radius 2 is 1.84 bits per heavy atom. The summed E-state index contributed by atoms with van der Waals surface area (Å²) in [6.45, 7) is 1.45. The number of amides is 2. The van der Waals surface area contributed by atoms with E-state index in [0.717, 1.165) is 44.4 Å². The van der Waals surface area contributed by atoms with Gasteiger partial charge in [-0.2, -0.15) is 11.8 Å². The molecule has 0 heterocycles. The van der Waals surface area contributed by atoms with Gasteiger partial charge in [0.05, 0.1) is 0 Å². The van der Waals surface area contributed by atoms with Gasteiger partial charge in [0.1, 0.15) is 0 Å². The molecule has 2 N–H and O–H groups in total. The van der Waals surface area contributed by atoms with Crippen LogP contribution < -0.4 is 5.32 Å². The van der Waals surface area contributed by atoms with Crippen molar-refractivity contribution in [3.63, 3.8) is 0 Å². The van der Waals surface area contributed by atoms with Crippen LogP contribution in [-0.2, 0) is 4.79 Å². The van der Waals surface area contributed by atoms with Crippen molar-refractivity contribution in [2.24, 2.45) is 0 Å². The number of nitrogens with zero attached hydrogens (tertiary/aromatic N) is 1. The molecule has 0 aromatic heterocycles. The molecule has 0 saturated carbocycles. The fourth-order valence-electron chi connectivity index (χ4n) is 1.63. The van der Waals surface area contributed by atoms with E-state index in [4.69, 9.17) is 5.11 Å². The maximum Gasteiger partial charge on any atom is 0.317 e. The van der Waals surface area contributed by atoms with Gasteiger partial charge < -0.3 is 15.3 Å². The minimum absolute atomic E-state index is 0.0216. The molecule has 0 atom stereocenters. The predicted octanol–water partition coefficient (Wildman–Crippen LogP) is 2.42. The lowest BCUT2D eigenvalue weighted by Crippen LogP contribution is -2.38. The Balaban J connectivity index is 3.39. The van der Waals surface area contributed by atoms with Gasteiger partial charge in [-0.25, -0.2) is 4.79 Å². The molecule has 0 rings (SSSR count). The normalized spacial score (nSPS) is 10.2. The molecule has 6 heteroatoms. The Bertz CT molecular complexity index is 262. The molecule has 0 aliphatic heterocycles. The Hall–Kier alpha value is -0.910. The maximum absolute atomic E-state index is 11.6. The summed E-state index contributed by atoms with van der Waals surface area (Å²) in [5.74, 6) is 0.335. The SMILES string of the molecule is CSCCCN(C)C(=O)NCCCCCCC(=O)O. The monoisotopic (exact) mass is 290 g/mol. The van der Waals surface area contributed by atoms with Gasteiger partial charge in [-0.3, -0.25) is 4.79 Å². The Morgan fingerprint density at radius 1 is 1.16 bits per heavy atom. The maximum atomic E-state index is 11.6. The van der Waals surface area contributed by atoms with E-state index in [1.807, 2.05) is 7.05 Å². The van der Waals surface area contributed by atoms with Gasteiger partial charge in [0.25, 0.3) is 0 Å². The summed E-state index contributed by atoms with van der Waals surface area (Å²) in [7, 11) is 1.81. The van der Waals surface area contributed by atoms with Crippen molar-refractivity contribution < 1.29 is 14.7 Å². The second-order valence-electron chi connectivity index (χ2n) is 4.56. The second kappa shape index (κ2) is 12.1. The molecule has 0 spiro atoms. The zero-order valence-corrected chi connectivity index (χ0v) is 12.8. The molecule has 0 radical (unpaired) electrons. The minimum Gasteiger partial charge on any atom is -0.481 e. The van der Waals surface area contributed by atoms with Gasteiger partial charge in [0.2, 0.25) is 0 Å². The number of urea groups is 1. The molecule has 19 heavy (non-hydrogen) atoms. The third-order valence-electron chi connectivity index (χ3n) is 2.78. The van der Waals surface area contributed by atoms with E-state index in [-0.39, 0.29) is 12.5 Å². The molecule has 112 valence electrons. The van der Waals surface area contributed by atoms with Gasteiger partial charge in [0, 0.05) is 26.6 Å². The van der Waals surface area contributed by atoms with Crippen LogP contribution in [-0.4, -0.2) is 54.2 Å². The summed E-state index contributed by atoms with van der Waals surface area (Å²) in [6.07, 6.45) is 6.81. The first-order valence-corrected chi connectivity index (χ1v) is 8.17. The molecule has 0 unspecified atom stereocenters. The third kappa shape index (κ3) is 11.9. The van der Waals surface area contributed by atoms with Crippen molar-refractivity contribution in [1.82, 2.24) is 10.2 Å². The van der Waals surface area contributed by atoms with Gasteiger partial charge in [0.15, 0.2) is 0 Å². The topological polar surface area (TPSA) is 69.6 Å². The van der Waals surface area contributed by atoms with Crippen LogP contribution in [0.15, 0.2) is 0 Å². The van der Waals surface area contributed by atoms with E-state index in [1.54, 1.807) is 16.7 Å². The lowest BCUT2D eigenvalue weighted by Gasteiger charge is -2.17. The summed E-state index contributed by atoms with van der Waals surface area (Å²) in [5.41, 5.74) is 0. The molecule has 0 aromatic rings. The number of hydrogen-bond donors (Lipinski definition) is 2. The van der Waals surface area contributed by atoms with Gasteiger partial charge in [-0.1, -0.05) is 12.8 Å². The fraction of sp³-hybridized carbons (Fsp3) is 0.846. The number of thioether (sulfide) groups is 1. The zero-order valence-electron chi connectivity index (χ0n) is 12.0. The predicted molar refractivity (Wildman–Crippen MR) is 79.7 cm³/mol. The van der Waals surface area contributed by atoms with Crippen LogP contribution in [0, 0.1) is 0 Å². The van der Waals surface area contributed by atoms with Crippen molar-refractivity contribution >= 4 is 23.8 Å². The smallest absolute Gasteiger partial charge is 0.317 e. The molecule has 0 aromatic carbocycles. The quantitative estimate of drug-likeness (QED) is 0.573. The van der Waals surface area contributed by atoms with Gasteiger partial charge >= 0.3 is 12.0 Å². The van der Waals surface area contributed by atoms with E-state index < -0.39 is 5.97 Å². The highest BCUT2D eigenvalue weighted by Crippen LogP contribution is 2.02. The Labute approximate surface area is 120 Å². The number of carboxylic acids is 1. The van der Waals surface area contributed by atoms with Crippen LogP contribution in [0.2, 0.25) is 0 Å².